The van der Waals surface area contributed by atoms with Gasteiger partial charge < -0.3 is 5.32 Å². The maximum Gasteiger partial charge on any atom is 0.0912 e. The number of hydrogen-bond donors (Lipinski definition) is 1. The van der Waals surface area contributed by atoms with Crippen LogP contribution in [0.25, 0.3) is 11.1 Å². The summed E-state index contributed by atoms with van der Waals surface area (Å²) in [6.45, 7) is 3.74. The highest BCUT2D eigenvalue weighted by Gasteiger charge is 2.24. The first kappa shape index (κ1) is 14.9. The van der Waals surface area contributed by atoms with E-state index in [0.717, 1.165) is 32.6 Å². The summed E-state index contributed by atoms with van der Waals surface area (Å²) >= 11 is 0. The molecule has 0 unspecified atom stereocenters. The van der Waals surface area contributed by atoms with E-state index in [1.807, 2.05) is 0 Å². The van der Waals surface area contributed by atoms with E-state index in [-0.39, 0.29) is 12.7 Å². The average Bonchev–Trinajstić information content (AvgIpc) is 2.98. The third-order valence-corrected chi connectivity index (χ3v) is 5.18. The van der Waals surface area contributed by atoms with Crippen LogP contribution in [-0.4, -0.2) is 37.8 Å². The molecule has 1 aliphatic heterocycles. The molecule has 1 saturated heterocycles. The number of benzene rings is 2. The Bertz CT molecular complexity index is 692. The highest BCUT2D eigenvalue weighted by molar-refractivity contribution is 5.77. The predicted octanol–water partition coefficient (Wildman–Crippen LogP) is 3.56. The third kappa shape index (κ3) is 2.79. The van der Waals surface area contributed by atoms with Crippen LogP contribution in [0.3, 0.4) is 0 Å². The lowest BCUT2D eigenvalue weighted by atomic mass is 9.96. The van der Waals surface area contributed by atoms with Gasteiger partial charge in [0.1, 0.15) is 0 Å². The molecule has 2 aromatic carbocycles. The molecule has 0 amide bonds. The topological polar surface area (TPSA) is 15.3 Å². The van der Waals surface area contributed by atoms with Crippen LogP contribution in [0.4, 0.5) is 4.39 Å². The summed E-state index contributed by atoms with van der Waals surface area (Å²) in [6, 6.07) is 15.6. The van der Waals surface area contributed by atoms with Crippen LogP contribution >= 0.6 is 0 Å². The number of fused-ring (bicyclic) bond motifs is 3. The van der Waals surface area contributed by atoms with Crippen molar-refractivity contribution in [2.24, 2.45) is 0 Å². The Morgan fingerprint density at radius 1 is 1.00 bits per heavy atom. The van der Waals surface area contributed by atoms with Gasteiger partial charge in [0.15, 0.2) is 0 Å². The van der Waals surface area contributed by atoms with Gasteiger partial charge in [-0.05, 0) is 40.7 Å². The predicted molar refractivity (Wildman–Crippen MR) is 92.5 cm³/mol. The number of nitrogens with one attached hydrogen (secondary N) is 1. The first-order valence-corrected chi connectivity index (χ1v) is 8.58. The largest absolute Gasteiger partial charge is 0.314 e. The second-order valence-corrected chi connectivity index (χ2v) is 6.53. The van der Waals surface area contributed by atoms with Gasteiger partial charge in [-0.25, -0.2) is 0 Å². The maximum absolute atomic E-state index is 13.1. The molecule has 2 nitrogen and oxygen atoms in total. The summed E-state index contributed by atoms with van der Waals surface area (Å²) in [4.78, 5) is 2.43. The second kappa shape index (κ2) is 6.42. The van der Waals surface area contributed by atoms with Crippen LogP contribution in [0.5, 0.6) is 0 Å². The highest BCUT2D eigenvalue weighted by Crippen LogP contribution is 2.38. The van der Waals surface area contributed by atoms with Crippen molar-refractivity contribution in [3.63, 3.8) is 0 Å². The molecule has 2 aromatic rings. The van der Waals surface area contributed by atoms with E-state index < -0.39 is 0 Å². The summed E-state index contributed by atoms with van der Waals surface area (Å²) in [5.41, 5.74) is 6.78. The summed E-state index contributed by atoms with van der Waals surface area (Å²) in [7, 11) is 0. The number of piperazine rings is 1. The molecule has 23 heavy (non-hydrogen) atoms. The molecule has 1 atom stereocenters. The molecule has 2 aliphatic rings. The number of halogens is 1. The molecule has 0 saturated carbocycles. The maximum atomic E-state index is 13.1. The summed E-state index contributed by atoms with van der Waals surface area (Å²) in [5.74, 6) is 0. The zero-order valence-corrected chi connectivity index (χ0v) is 13.4. The Labute approximate surface area is 137 Å². The van der Waals surface area contributed by atoms with Gasteiger partial charge in [-0.15, -0.1) is 0 Å². The summed E-state index contributed by atoms with van der Waals surface area (Å²) < 4.78 is 13.1. The molecule has 1 N–H and O–H groups in total. The molecule has 3 heteroatoms. The van der Waals surface area contributed by atoms with Gasteiger partial charge in [0.2, 0.25) is 0 Å². The van der Waals surface area contributed by atoms with Crippen LogP contribution in [0.2, 0.25) is 0 Å². The van der Waals surface area contributed by atoms with Gasteiger partial charge >= 0.3 is 0 Å². The molecular formula is C20H23FN2. The monoisotopic (exact) mass is 310 g/mol. The summed E-state index contributed by atoms with van der Waals surface area (Å²) in [6.07, 6.45) is 1.59. The van der Waals surface area contributed by atoms with Crippen LogP contribution in [0, 0.1) is 0 Å². The minimum atomic E-state index is -0.258. The number of nitrogens with zero attached hydrogens (tertiary/aromatic N) is 1. The van der Waals surface area contributed by atoms with E-state index in [2.05, 4.69) is 52.7 Å². The lowest BCUT2D eigenvalue weighted by Gasteiger charge is -2.35. The summed E-state index contributed by atoms with van der Waals surface area (Å²) in [5, 5.41) is 3.38. The van der Waals surface area contributed by atoms with Crippen LogP contribution < -0.4 is 5.32 Å². The minimum absolute atomic E-state index is 0.205. The van der Waals surface area contributed by atoms with Crippen molar-refractivity contribution in [3.8, 4) is 11.1 Å². The van der Waals surface area contributed by atoms with E-state index in [1.165, 1.54) is 27.8 Å². The fraction of sp³-hybridized carbons (Fsp3) is 0.400. The first-order chi connectivity index (χ1) is 11.4. The lowest BCUT2D eigenvalue weighted by Crippen LogP contribution is -2.45. The van der Waals surface area contributed by atoms with Crippen molar-refractivity contribution in [1.29, 1.82) is 0 Å². The molecule has 0 spiro atoms. The Kier molecular flexibility index (Phi) is 4.15. The highest BCUT2D eigenvalue weighted by atomic mass is 19.1. The van der Waals surface area contributed by atoms with Crippen LogP contribution in [0.1, 0.15) is 29.2 Å². The van der Waals surface area contributed by atoms with Crippen LogP contribution in [-0.2, 0) is 6.42 Å². The Balaban J connectivity index is 1.65. The lowest BCUT2D eigenvalue weighted by molar-refractivity contribution is 0.157. The van der Waals surface area contributed by atoms with Crippen molar-refractivity contribution in [2.75, 3.05) is 32.9 Å². The van der Waals surface area contributed by atoms with E-state index >= 15 is 0 Å². The minimum Gasteiger partial charge on any atom is -0.314 e. The quantitative estimate of drug-likeness (QED) is 0.792. The van der Waals surface area contributed by atoms with Gasteiger partial charge in [0.25, 0.3) is 0 Å². The number of hydrogen-bond acceptors (Lipinski definition) is 2. The van der Waals surface area contributed by atoms with Crippen molar-refractivity contribution < 1.29 is 4.39 Å². The number of alkyl halides is 1. The first-order valence-electron chi connectivity index (χ1n) is 8.58. The normalized spacial score (nSPS) is 18.5. The van der Waals surface area contributed by atoms with E-state index in [1.54, 1.807) is 0 Å². The van der Waals surface area contributed by atoms with Crippen molar-refractivity contribution in [1.82, 2.24) is 10.2 Å². The second-order valence-electron chi connectivity index (χ2n) is 6.53. The molecular weight excluding hydrogens is 287 g/mol. The molecule has 120 valence electrons. The van der Waals surface area contributed by atoms with Gasteiger partial charge in [0, 0.05) is 32.2 Å². The van der Waals surface area contributed by atoms with Gasteiger partial charge in [0.05, 0.1) is 6.67 Å². The van der Waals surface area contributed by atoms with Crippen molar-refractivity contribution in [3.05, 3.63) is 59.2 Å². The average molecular weight is 310 g/mol. The SMILES string of the molecule is FCC[C@H](c1ccc2c(c1)Cc1ccccc1-2)N1CCNCC1. The third-order valence-electron chi connectivity index (χ3n) is 5.18. The van der Waals surface area contributed by atoms with E-state index in [9.17, 15) is 4.39 Å². The Morgan fingerprint density at radius 2 is 1.78 bits per heavy atom. The molecule has 4 rings (SSSR count). The molecule has 0 bridgehead atoms. The molecule has 1 heterocycles. The van der Waals surface area contributed by atoms with Gasteiger partial charge in [-0.1, -0.05) is 42.5 Å². The Hall–Kier alpha value is -1.71. The fourth-order valence-electron chi connectivity index (χ4n) is 4.03. The number of rotatable bonds is 4. The molecule has 1 aliphatic carbocycles. The standard InChI is InChI=1S/C20H23FN2/c21-8-7-20(23-11-9-22-10-12-23)16-5-6-19-17(14-16)13-15-3-1-2-4-18(15)19/h1-6,14,20,22H,7-13H2/t20-/m1/s1. The van der Waals surface area contributed by atoms with Gasteiger partial charge in [-0.2, -0.15) is 0 Å². The smallest absolute Gasteiger partial charge is 0.0912 e. The Morgan fingerprint density at radius 3 is 2.61 bits per heavy atom. The molecule has 0 radical (unpaired) electrons. The fourth-order valence-corrected chi connectivity index (χ4v) is 4.03. The van der Waals surface area contributed by atoms with Crippen molar-refractivity contribution in [2.45, 2.75) is 18.9 Å². The van der Waals surface area contributed by atoms with E-state index in [0.29, 0.717) is 6.42 Å². The zero-order chi connectivity index (χ0) is 15.6. The van der Waals surface area contributed by atoms with Crippen molar-refractivity contribution >= 4 is 0 Å². The molecule has 1 fully saturated rings. The molecule has 0 aromatic heterocycles. The van der Waals surface area contributed by atoms with Crippen LogP contribution in [0.15, 0.2) is 42.5 Å². The van der Waals surface area contributed by atoms with E-state index in [4.69, 9.17) is 0 Å². The van der Waals surface area contributed by atoms with Gasteiger partial charge in [-0.3, -0.25) is 9.29 Å². The zero-order valence-electron chi connectivity index (χ0n) is 13.4.